The SMILES string of the molecule is CCC(C)(COC)C(=O)OCC(=O)OCC(F)(F)F. The Labute approximate surface area is 109 Å². The average molecular weight is 286 g/mol. The molecule has 0 rings (SSSR count). The molecule has 0 fully saturated rings. The zero-order valence-electron chi connectivity index (χ0n) is 11.0. The molecular formula is C11H17F3O5. The van der Waals surface area contributed by atoms with Crippen LogP contribution in [0.2, 0.25) is 0 Å². The third-order valence-corrected chi connectivity index (χ3v) is 2.45. The summed E-state index contributed by atoms with van der Waals surface area (Å²) in [6.07, 6.45) is -4.20. The molecule has 0 aromatic rings. The van der Waals surface area contributed by atoms with Gasteiger partial charge in [0.25, 0.3) is 0 Å². The molecule has 112 valence electrons. The highest BCUT2D eigenvalue weighted by Gasteiger charge is 2.34. The molecule has 5 nitrogen and oxygen atoms in total. The number of hydrogen-bond acceptors (Lipinski definition) is 5. The van der Waals surface area contributed by atoms with Gasteiger partial charge in [-0.1, -0.05) is 6.92 Å². The molecule has 0 saturated heterocycles. The summed E-state index contributed by atoms with van der Waals surface area (Å²) in [6, 6.07) is 0. The fourth-order valence-electron chi connectivity index (χ4n) is 1.13. The molecule has 1 atom stereocenters. The minimum Gasteiger partial charge on any atom is -0.454 e. The summed E-state index contributed by atoms with van der Waals surface area (Å²) in [5.74, 6) is -1.97. The van der Waals surface area contributed by atoms with Gasteiger partial charge >= 0.3 is 18.1 Å². The predicted molar refractivity (Wildman–Crippen MR) is 58.2 cm³/mol. The Balaban J connectivity index is 4.18. The van der Waals surface area contributed by atoms with Crippen LogP contribution in [-0.4, -0.2) is 45.0 Å². The molecule has 0 bridgehead atoms. The number of methoxy groups -OCH3 is 1. The summed E-state index contributed by atoms with van der Waals surface area (Å²) in [4.78, 5) is 22.6. The second kappa shape index (κ2) is 7.32. The topological polar surface area (TPSA) is 61.8 Å². The van der Waals surface area contributed by atoms with Crippen LogP contribution in [0.15, 0.2) is 0 Å². The summed E-state index contributed by atoms with van der Waals surface area (Å²) < 4.78 is 48.6. The lowest BCUT2D eigenvalue weighted by Gasteiger charge is -2.24. The lowest BCUT2D eigenvalue weighted by atomic mass is 9.89. The van der Waals surface area contributed by atoms with Crippen molar-refractivity contribution >= 4 is 11.9 Å². The molecule has 8 heteroatoms. The molecule has 0 spiro atoms. The first-order chi connectivity index (χ1) is 8.64. The molecule has 0 saturated carbocycles. The van der Waals surface area contributed by atoms with Crippen molar-refractivity contribution in [2.24, 2.45) is 5.41 Å². The van der Waals surface area contributed by atoms with Gasteiger partial charge in [0, 0.05) is 7.11 Å². The van der Waals surface area contributed by atoms with Crippen LogP contribution >= 0.6 is 0 Å². The van der Waals surface area contributed by atoms with Gasteiger partial charge in [-0.15, -0.1) is 0 Å². The highest BCUT2D eigenvalue weighted by Crippen LogP contribution is 2.23. The zero-order chi connectivity index (χ0) is 15.1. The maximum atomic E-state index is 11.8. The maximum Gasteiger partial charge on any atom is 0.422 e. The van der Waals surface area contributed by atoms with Crippen LogP contribution in [-0.2, 0) is 23.8 Å². The lowest BCUT2D eigenvalue weighted by molar-refractivity contribution is -0.191. The standard InChI is InChI=1S/C11H17F3O5/c1-4-10(2,6-17-3)9(16)18-5-8(15)19-7-11(12,13)14/h4-7H2,1-3H3. The van der Waals surface area contributed by atoms with Crippen LogP contribution in [0.1, 0.15) is 20.3 Å². The number of carbonyl (C=O) groups excluding carboxylic acids is 2. The van der Waals surface area contributed by atoms with Crippen molar-refractivity contribution < 1.29 is 37.0 Å². The molecule has 0 aromatic heterocycles. The van der Waals surface area contributed by atoms with E-state index in [4.69, 9.17) is 4.74 Å². The van der Waals surface area contributed by atoms with E-state index in [1.54, 1.807) is 13.8 Å². The number of alkyl halides is 3. The van der Waals surface area contributed by atoms with Crippen LogP contribution in [0.25, 0.3) is 0 Å². The summed E-state index contributed by atoms with van der Waals surface area (Å²) >= 11 is 0. The van der Waals surface area contributed by atoms with Gasteiger partial charge in [0.1, 0.15) is 0 Å². The number of esters is 2. The van der Waals surface area contributed by atoms with Gasteiger partial charge in [-0.05, 0) is 13.3 Å². The predicted octanol–water partition coefficient (Wildman–Crippen LogP) is 1.70. The summed E-state index contributed by atoms with van der Waals surface area (Å²) in [5.41, 5.74) is -0.945. The van der Waals surface area contributed by atoms with Crippen molar-refractivity contribution in [3.8, 4) is 0 Å². The van der Waals surface area contributed by atoms with E-state index in [2.05, 4.69) is 9.47 Å². The van der Waals surface area contributed by atoms with Gasteiger partial charge in [0.15, 0.2) is 13.2 Å². The minimum atomic E-state index is -4.60. The number of hydrogen-bond donors (Lipinski definition) is 0. The molecule has 0 aliphatic rings. The van der Waals surface area contributed by atoms with Crippen molar-refractivity contribution in [1.82, 2.24) is 0 Å². The summed E-state index contributed by atoms with van der Waals surface area (Å²) in [6.45, 7) is 0.822. The Kier molecular flexibility index (Phi) is 6.82. The van der Waals surface area contributed by atoms with Crippen molar-refractivity contribution in [3.05, 3.63) is 0 Å². The van der Waals surface area contributed by atoms with Crippen molar-refractivity contribution in [2.45, 2.75) is 26.4 Å². The lowest BCUT2D eigenvalue weighted by Crippen LogP contribution is -2.35. The summed E-state index contributed by atoms with van der Waals surface area (Å²) in [7, 11) is 1.40. The second-order valence-corrected chi connectivity index (χ2v) is 4.20. The van der Waals surface area contributed by atoms with Crippen LogP contribution < -0.4 is 0 Å². The molecule has 1 unspecified atom stereocenters. The number of carbonyl (C=O) groups is 2. The van der Waals surface area contributed by atoms with E-state index in [0.29, 0.717) is 6.42 Å². The molecule has 0 heterocycles. The summed E-state index contributed by atoms with van der Waals surface area (Å²) in [5, 5.41) is 0. The first-order valence-electron chi connectivity index (χ1n) is 5.53. The van der Waals surface area contributed by atoms with E-state index in [1.807, 2.05) is 0 Å². The molecule has 0 radical (unpaired) electrons. The van der Waals surface area contributed by atoms with E-state index in [9.17, 15) is 22.8 Å². The van der Waals surface area contributed by atoms with Gasteiger partial charge in [-0.25, -0.2) is 4.79 Å². The fourth-order valence-corrected chi connectivity index (χ4v) is 1.13. The van der Waals surface area contributed by atoms with E-state index in [1.165, 1.54) is 7.11 Å². The Morgan fingerprint density at radius 3 is 2.11 bits per heavy atom. The maximum absolute atomic E-state index is 11.8. The third kappa shape index (κ3) is 7.00. The van der Waals surface area contributed by atoms with E-state index in [-0.39, 0.29) is 6.61 Å². The third-order valence-electron chi connectivity index (χ3n) is 2.45. The normalized spacial score (nSPS) is 14.6. The monoisotopic (exact) mass is 286 g/mol. The number of rotatable bonds is 7. The Morgan fingerprint density at radius 1 is 1.11 bits per heavy atom. The van der Waals surface area contributed by atoms with Crippen molar-refractivity contribution in [1.29, 1.82) is 0 Å². The smallest absolute Gasteiger partial charge is 0.422 e. The van der Waals surface area contributed by atoms with E-state index in [0.717, 1.165) is 0 Å². The van der Waals surface area contributed by atoms with Crippen LogP contribution in [0, 0.1) is 5.41 Å². The Hall–Kier alpha value is -1.31. The fraction of sp³-hybridized carbons (Fsp3) is 0.818. The molecule has 0 amide bonds. The first-order valence-corrected chi connectivity index (χ1v) is 5.53. The van der Waals surface area contributed by atoms with Gasteiger partial charge in [-0.2, -0.15) is 13.2 Å². The van der Waals surface area contributed by atoms with E-state index >= 15 is 0 Å². The van der Waals surface area contributed by atoms with Crippen LogP contribution in [0.5, 0.6) is 0 Å². The number of halogens is 3. The van der Waals surface area contributed by atoms with Gasteiger partial charge in [-0.3, -0.25) is 4.79 Å². The Morgan fingerprint density at radius 2 is 1.68 bits per heavy atom. The van der Waals surface area contributed by atoms with Crippen LogP contribution in [0.3, 0.4) is 0 Å². The minimum absolute atomic E-state index is 0.0833. The highest BCUT2D eigenvalue weighted by molar-refractivity contribution is 5.80. The first kappa shape index (κ1) is 17.7. The quantitative estimate of drug-likeness (QED) is 0.667. The molecule has 0 aliphatic carbocycles. The van der Waals surface area contributed by atoms with Gasteiger partial charge in [0.05, 0.1) is 12.0 Å². The Bertz CT molecular complexity index is 316. The molecule has 0 aromatic carbocycles. The van der Waals surface area contributed by atoms with Crippen molar-refractivity contribution in [2.75, 3.05) is 26.9 Å². The molecule has 0 N–H and O–H groups in total. The molecule has 0 aliphatic heterocycles. The van der Waals surface area contributed by atoms with E-state index < -0.39 is 36.7 Å². The van der Waals surface area contributed by atoms with Gasteiger partial charge < -0.3 is 14.2 Å². The second-order valence-electron chi connectivity index (χ2n) is 4.20. The average Bonchev–Trinajstić information content (AvgIpc) is 2.32. The zero-order valence-corrected chi connectivity index (χ0v) is 11.0. The van der Waals surface area contributed by atoms with Crippen LogP contribution in [0.4, 0.5) is 13.2 Å². The van der Waals surface area contributed by atoms with Crippen molar-refractivity contribution in [3.63, 3.8) is 0 Å². The molecular weight excluding hydrogens is 269 g/mol. The largest absolute Gasteiger partial charge is 0.454 e. The highest BCUT2D eigenvalue weighted by atomic mass is 19.4. The number of ether oxygens (including phenoxy) is 3. The molecule has 19 heavy (non-hydrogen) atoms. The van der Waals surface area contributed by atoms with Gasteiger partial charge in [0.2, 0.25) is 0 Å².